The van der Waals surface area contributed by atoms with Gasteiger partial charge in [-0.2, -0.15) is 0 Å². The van der Waals surface area contributed by atoms with E-state index in [-0.39, 0.29) is 23.4 Å². The molecule has 0 radical (unpaired) electrons. The van der Waals surface area contributed by atoms with E-state index in [2.05, 4.69) is 20.0 Å². The molecule has 4 rings (SSSR count). The van der Waals surface area contributed by atoms with Crippen LogP contribution in [0.2, 0.25) is 0 Å². The van der Waals surface area contributed by atoms with Crippen molar-refractivity contribution >= 4 is 38.1 Å². The maximum atomic E-state index is 15.1. The van der Waals surface area contributed by atoms with E-state index in [0.717, 1.165) is 23.5 Å². The van der Waals surface area contributed by atoms with Crippen molar-refractivity contribution in [3.63, 3.8) is 0 Å². The number of hydrogen-bond donors (Lipinski definition) is 3. The Balaban J connectivity index is 1.66. The van der Waals surface area contributed by atoms with Gasteiger partial charge in [-0.15, -0.1) is 0 Å². The minimum absolute atomic E-state index is 0.0719. The van der Waals surface area contributed by atoms with Crippen LogP contribution >= 0.6 is 0 Å². The molecule has 9 heteroatoms. The molecule has 0 aliphatic carbocycles. The fourth-order valence-electron chi connectivity index (χ4n) is 3.48. The third-order valence-electron chi connectivity index (χ3n) is 4.97. The summed E-state index contributed by atoms with van der Waals surface area (Å²) in [5, 5.41) is 3.96. The molecule has 32 heavy (non-hydrogen) atoms. The van der Waals surface area contributed by atoms with E-state index < -0.39 is 21.7 Å². The van der Waals surface area contributed by atoms with E-state index in [9.17, 15) is 12.8 Å². The van der Waals surface area contributed by atoms with Gasteiger partial charge >= 0.3 is 0 Å². The smallest absolute Gasteiger partial charge is 0.232 e. The van der Waals surface area contributed by atoms with Gasteiger partial charge in [0.15, 0.2) is 5.82 Å². The van der Waals surface area contributed by atoms with Gasteiger partial charge in [-0.3, -0.25) is 4.72 Å². The second kappa shape index (κ2) is 8.96. The Labute approximate surface area is 184 Å². The zero-order valence-electron chi connectivity index (χ0n) is 17.3. The standard InChI is InChI=1S/C23H22F2N4O2S/c1-2-10-32(30,31)29-21-9-8-20(24)19(22(21)25)11-15-13-26-23-18(15)12-17(14-27-23)28-16-6-4-3-5-7-16/h3-9,12-14,28-29H,2,10-11H2,1H3,(H,26,27). The van der Waals surface area contributed by atoms with Crippen LogP contribution in [-0.4, -0.2) is 24.1 Å². The Bertz CT molecular complexity index is 1360. The average molecular weight is 457 g/mol. The summed E-state index contributed by atoms with van der Waals surface area (Å²) >= 11 is 0. The molecular weight excluding hydrogens is 434 g/mol. The van der Waals surface area contributed by atoms with Gasteiger partial charge in [0.2, 0.25) is 10.0 Å². The number of rotatable bonds is 8. The molecule has 166 valence electrons. The SMILES string of the molecule is CCCS(=O)(=O)Nc1ccc(F)c(Cc2c[nH]c3ncc(Nc4ccccc4)cc23)c1F. The van der Waals surface area contributed by atoms with Crippen molar-refractivity contribution < 1.29 is 17.2 Å². The number of halogens is 2. The second-order valence-corrected chi connectivity index (χ2v) is 9.25. The summed E-state index contributed by atoms with van der Waals surface area (Å²) in [6, 6.07) is 13.6. The number of fused-ring (bicyclic) bond motifs is 1. The largest absolute Gasteiger partial charge is 0.354 e. The first-order chi connectivity index (χ1) is 15.4. The zero-order valence-corrected chi connectivity index (χ0v) is 18.1. The average Bonchev–Trinajstić information content (AvgIpc) is 3.16. The Kier molecular flexibility index (Phi) is 6.09. The highest BCUT2D eigenvalue weighted by atomic mass is 32.2. The number of pyridine rings is 1. The summed E-state index contributed by atoms with van der Waals surface area (Å²) in [7, 11) is -3.71. The molecule has 6 nitrogen and oxygen atoms in total. The molecule has 0 spiro atoms. The number of hydrogen-bond acceptors (Lipinski definition) is 4. The van der Waals surface area contributed by atoms with Crippen molar-refractivity contribution in [2.45, 2.75) is 19.8 Å². The predicted molar refractivity (Wildman–Crippen MR) is 123 cm³/mol. The molecule has 0 unspecified atom stereocenters. The van der Waals surface area contributed by atoms with E-state index in [0.29, 0.717) is 23.0 Å². The minimum atomic E-state index is -3.71. The van der Waals surface area contributed by atoms with Crippen LogP contribution in [0.1, 0.15) is 24.5 Å². The lowest BCUT2D eigenvalue weighted by molar-refractivity contribution is 0.563. The molecule has 2 heterocycles. The minimum Gasteiger partial charge on any atom is -0.354 e. The molecule has 0 saturated carbocycles. The van der Waals surface area contributed by atoms with E-state index in [1.54, 1.807) is 19.3 Å². The van der Waals surface area contributed by atoms with Crippen molar-refractivity contribution in [2.24, 2.45) is 0 Å². The van der Waals surface area contributed by atoms with Gasteiger partial charge in [0, 0.05) is 29.3 Å². The van der Waals surface area contributed by atoms with Gasteiger partial charge < -0.3 is 10.3 Å². The van der Waals surface area contributed by atoms with Crippen LogP contribution in [-0.2, 0) is 16.4 Å². The van der Waals surface area contributed by atoms with E-state index in [4.69, 9.17) is 0 Å². The Morgan fingerprint density at radius 2 is 1.84 bits per heavy atom. The Morgan fingerprint density at radius 3 is 2.59 bits per heavy atom. The van der Waals surface area contributed by atoms with Crippen molar-refractivity contribution in [3.05, 3.63) is 83.7 Å². The van der Waals surface area contributed by atoms with Gasteiger partial charge in [0.05, 0.1) is 23.3 Å². The number of anilines is 3. The molecule has 0 atom stereocenters. The van der Waals surface area contributed by atoms with Gasteiger partial charge in [-0.25, -0.2) is 22.2 Å². The summed E-state index contributed by atoms with van der Waals surface area (Å²) in [5.74, 6) is -1.82. The molecule has 0 saturated heterocycles. The van der Waals surface area contributed by atoms with E-state index in [1.165, 1.54) is 0 Å². The monoisotopic (exact) mass is 456 g/mol. The number of benzene rings is 2. The number of nitrogens with one attached hydrogen (secondary N) is 3. The van der Waals surface area contributed by atoms with Crippen molar-refractivity contribution in [2.75, 3.05) is 15.8 Å². The number of aromatic nitrogens is 2. The fourth-order valence-corrected chi connectivity index (χ4v) is 4.61. The lowest BCUT2D eigenvalue weighted by atomic mass is 10.0. The van der Waals surface area contributed by atoms with Crippen LogP contribution in [0, 0.1) is 11.6 Å². The van der Waals surface area contributed by atoms with Gasteiger partial charge in [-0.1, -0.05) is 25.1 Å². The molecule has 3 N–H and O–H groups in total. The van der Waals surface area contributed by atoms with Crippen molar-refractivity contribution in [1.29, 1.82) is 0 Å². The summed E-state index contributed by atoms with van der Waals surface area (Å²) in [6.07, 6.45) is 3.63. The Hall–Kier alpha value is -3.46. The zero-order chi connectivity index (χ0) is 22.7. The number of sulfonamides is 1. The molecule has 0 amide bonds. The van der Waals surface area contributed by atoms with Gasteiger partial charge in [0.25, 0.3) is 0 Å². The van der Waals surface area contributed by atoms with Gasteiger partial charge in [-0.05, 0) is 42.3 Å². The number of nitrogens with zero attached hydrogens (tertiary/aromatic N) is 1. The van der Waals surface area contributed by atoms with E-state index in [1.807, 2.05) is 36.4 Å². The van der Waals surface area contributed by atoms with Gasteiger partial charge in [0.1, 0.15) is 11.5 Å². The molecule has 0 aliphatic rings. The fraction of sp³-hybridized carbons (Fsp3) is 0.174. The van der Waals surface area contributed by atoms with Crippen LogP contribution in [0.15, 0.2) is 60.9 Å². The van der Waals surface area contributed by atoms with Crippen LogP contribution in [0.25, 0.3) is 11.0 Å². The highest BCUT2D eigenvalue weighted by Gasteiger charge is 2.19. The normalized spacial score (nSPS) is 11.6. The third-order valence-corrected chi connectivity index (χ3v) is 6.45. The summed E-state index contributed by atoms with van der Waals surface area (Å²) < 4.78 is 55.9. The number of para-hydroxylation sites is 1. The summed E-state index contributed by atoms with van der Waals surface area (Å²) in [5.41, 5.74) is 2.35. The maximum Gasteiger partial charge on any atom is 0.232 e. The van der Waals surface area contributed by atoms with Crippen LogP contribution in [0.5, 0.6) is 0 Å². The third kappa shape index (κ3) is 4.72. The topological polar surface area (TPSA) is 86.9 Å². The highest BCUT2D eigenvalue weighted by Crippen LogP contribution is 2.29. The first kappa shape index (κ1) is 21.8. The first-order valence-electron chi connectivity index (χ1n) is 10.1. The summed E-state index contributed by atoms with van der Waals surface area (Å²) in [6.45, 7) is 1.71. The Morgan fingerprint density at radius 1 is 1.06 bits per heavy atom. The molecule has 2 aromatic heterocycles. The molecular formula is C23H22F2N4O2S. The molecule has 0 bridgehead atoms. The van der Waals surface area contributed by atoms with Crippen molar-refractivity contribution in [1.82, 2.24) is 9.97 Å². The highest BCUT2D eigenvalue weighted by molar-refractivity contribution is 7.92. The maximum absolute atomic E-state index is 15.1. The molecule has 0 fully saturated rings. The van der Waals surface area contributed by atoms with Crippen LogP contribution in [0.4, 0.5) is 25.8 Å². The predicted octanol–water partition coefficient (Wildman–Crippen LogP) is 5.33. The van der Waals surface area contributed by atoms with Crippen LogP contribution in [0.3, 0.4) is 0 Å². The number of aromatic amines is 1. The van der Waals surface area contributed by atoms with E-state index >= 15 is 4.39 Å². The first-order valence-corrected chi connectivity index (χ1v) is 11.8. The second-order valence-electron chi connectivity index (χ2n) is 7.41. The van der Waals surface area contributed by atoms with Crippen molar-refractivity contribution in [3.8, 4) is 0 Å². The van der Waals surface area contributed by atoms with Crippen LogP contribution < -0.4 is 10.0 Å². The number of H-pyrrole nitrogens is 1. The molecule has 4 aromatic rings. The quantitative estimate of drug-likeness (QED) is 0.335. The summed E-state index contributed by atoms with van der Waals surface area (Å²) in [4.78, 5) is 7.39. The lowest BCUT2D eigenvalue weighted by Gasteiger charge is -2.12. The molecule has 2 aromatic carbocycles. The molecule has 0 aliphatic heterocycles. The lowest BCUT2D eigenvalue weighted by Crippen LogP contribution is -2.17.